The van der Waals surface area contributed by atoms with E-state index < -0.39 is 0 Å². The first-order valence-corrected chi connectivity index (χ1v) is 5.36. The Hall–Kier alpha value is -1.05. The molecule has 1 saturated heterocycles. The number of ether oxygens (including phenoxy) is 1. The highest BCUT2D eigenvalue weighted by Gasteiger charge is 2.39. The van der Waals surface area contributed by atoms with Crippen molar-refractivity contribution in [1.82, 2.24) is 0 Å². The van der Waals surface area contributed by atoms with Crippen LogP contribution in [0, 0.1) is 5.92 Å². The number of allylic oxidation sites excluding steroid dienone is 2. The van der Waals surface area contributed by atoms with E-state index in [9.17, 15) is 4.79 Å². The molecule has 2 fully saturated rings. The van der Waals surface area contributed by atoms with Gasteiger partial charge in [0.15, 0.2) is 0 Å². The van der Waals surface area contributed by atoms with Gasteiger partial charge in [-0.05, 0) is 19.3 Å². The summed E-state index contributed by atoms with van der Waals surface area (Å²) in [6, 6.07) is 0. The number of rotatable bonds is 1. The Balaban J connectivity index is 2.21. The van der Waals surface area contributed by atoms with Crippen molar-refractivity contribution >= 4 is 5.97 Å². The van der Waals surface area contributed by atoms with Gasteiger partial charge >= 0.3 is 5.97 Å². The van der Waals surface area contributed by atoms with E-state index in [4.69, 9.17) is 4.74 Å². The van der Waals surface area contributed by atoms with Crippen molar-refractivity contribution in [3.05, 3.63) is 24.3 Å². The molecule has 76 valence electrons. The second-order valence-electron chi connectivity index (χ2n) is 4.05. The van der Waals surface area contributed by atoms with Crippen LogP contribution in [0.4, 0.5) is 0 Å². The van der Waals surface area contributed by atoms with Gasteiger partial charge in [-0.15, -0.1) is 0 Å². The summed E-state index contributed by atoms with van der Waals surface area (Å²) >= 11 is 0. The van der Waals surface area contributed by atoms with Crippen LogP contribution in [-0.2, 0) is 9.53 Å². The highest BCUT2D eigenvalue weighted by Crippen LogP contribution is 2.37. The van der Waals surface area contributed by atoms with Gasteiger partial charge in [0.05, 0.1) is 0 Å². The van der Waals surface area contributed by atoms with Crippen molar-refractivity contribution in [2.45, 2.75) is 38.2 Å². The van der Waals surface area contributed by atoms with Gasteiger partial charge in [0.1, 0.15) is 6.10 Å². The Labute approximate surface area is 84.6 Å². The lowest BCUT2D eigenvalue weighted by molar-refractivity contribution is -0.139. The smallest absolute Gasteiger partial charge is 0.334 e. The van der Waals surface area contributed by atoms with Crippen LogP contribution >= 0.6 is 0 Å². The fraction of sp³-hybridized carbons (Fsp3) is 0.583. The molecule has 1 heterocycles. The zero-order valence-electron chi connectivity index (χ0n) is 8.37. The minimum atomic E-state index is -0.123. The van der Waals surface area contributed by atoms with E-state index in [-0.39, 0.29) is 12.1 Å². The van der Waals surface area contributed by atoms with E-state index in [1.165, 1.54) is 19.3 Å². The summed E-state index contributed by atoms with van der Waals surface area (Å²) in [6.45, 7) is 3.64. The molecule has 2 heteroatoms. The summed E-state index contributed by atoms with van der Waals surface area (Å²) in [5.41, 5.74) is 0.840. The summed E-state index contributed by atoms with van der Waals surface area (Å²) in [5, 5.41) is 0. The summed E-state index contributed by atoms with van der Waals surface area (Å²) in [7, 11) is 0. The highest BCUT2D eigenvalue weighted by molar-refractivity contribution is 5.91. The summed E-state index contributed by atoms with van der Waals surface area (Å²) in [4.78, 5) is 11.5. The summed E-state index contributed by atoms with van der Waals surface area (Å²) < 4.78 is 5.36. The zero-order chi connectivity index (χ0) is 9.97. The van der Waals surface area contributed by atoms with Crippen LogP contribution in [-0.4, -0.2) is 12.1 Å². The van der Waals surface area contributed by atoms with E-state index in [0.29, 0.717) is 5.92 Å². The molecule has 0 bridgehead atoms. The lowest BCUT2D eigenvalue weighted by Crippen LogP contribution is -2.14. The quantitative estimate of drug-likeness (QED) is 0.471. The van der Waals surface area contributed by atoms with Crippen molar-refractivity contribution < 1.29 is 9.53 Å². The Morgan fingerprint density at radius 1 is 1.29 bits per heavy atom. The first kappa shape index (κ1) is 9.50. The third kappa shape index (κ3) is 1.61. The molecule has 1 aliphatic carbocycles. The van der Waals surface area contributed by atoms with E-state index in [2.05, 4.69) is 6.58 Å². The van der Waals surface area contributed by atoms with E-state index in [1.54, 1.807) is 6.08 Å². The SMILES string of the molecule is C=C/C=C1\C(=O)OC2CCCCCC12. The summed E-state index contributed by atoms with van der Waals surface area (Å²) in [5.74, 6) is 0.213. The lowest BCUT2D eigenvalue weighted by Gasteiger charge is -2.12. The first-order chi connectivity index (χ1) is 6.83. The molecule has 2 atom stereocenters. The van der Waals surface area contributed by atoms with Crippen LogP contribution in [0.25, 0.3) is 0 Å². The molecular weight excluding hydrogens is 176 g/mol. The molecule has 14 heavy (non-hydrogen) atoms. The van der Waals surface area contributed by atoms with Crippen molar-refractivity contribution in [2.75, 3.05) is 0 Å². The maximum absolute atomic E-state index is 11.5. The minimum Gasteiger partial charge on any atom is -0.458 e. The third-order valence-electron chi connectivity index (χ3n) is 3.14. The fourth-order valence-corrected chi connectivity index (χ4v) is 2.45. The second-order valence-corrected chi connectivity index (χ2v) is 4.05. The molecule has 0 amide bonds. The second kappa shape index (κ2) is 3.99. The third-order valence-corrected chi connectivity index (χ3v) is 3.14. The molecule has 0 spiro atoms. The van der Waals surface area contributed by atoms with Gasteiger partial charge in [-0.3, -0.25) is 0 Å². The lowest BCUT2D eigenvalue weighted by atomic mass is 9.91. The molecule has 0 aromatic rings. The van der Waals surface area contributed by atoms with E-state index in [1.807, 2.05) is 6.08 Å². The molecule has 1 aliphatic heterocycles. The largest absolute Gasteiger partial charge is 0.458 e. The molecule has 2 unspecified atom stereocenters. The van der Waals surface area contributed by atoms with Crippen molar-refractivity contribution in [1.29, 1.82) is 0 Å². The molecular formula is C12H16O2. The van der Waals surface area contributed by atoms with Gasteiger partial charge in [0.25, 0.3) is 0 Å². The van der Waals surface area contributed by atoms with Crippen LogP contribution in [0.1, 0.15) is 32.1 Å². The topological polar surface area (TPSA) is 26.3 Å². The normalized spacial score (nSPS) is 34.9. The van der Waals surface area contributed by atoms with Gasteiger partial charge in [-0.1, -0.05) is 31.6 Å². The Kier molecular flexibility index (Phi) is 2.71. The number of hydrogen-bond acceptors (Lipinski definition) is 2. The Morgan fingerprint density at radius 3 is 2.86 bits per heavy atom. The standard InChI is InChI=1S/C12H16O2/c1-2-6-10-9-7-4-3-5-8-11(9)14-12(10)13/h2,6,9,11H,1,3-5,7-8H2/b10-6-. The maximum Gasteiger partial charge on any atom is 0.334 e. The van der Waals surface area contributed by atoms with Crippen LogP contribution in [0.2, 0.25) is 0 Å². The number of carbonyl (C=O) groups is 1. The molecule has 2 aliphatic rings. The maximum atomic E-state index is 11.5. The van der Waals surface area contributed by atoms with Gasteiger partial charge in [0, 0.05) is 11.5 Å². The van der Waals surface area contributed by atoms with E-state index >= 15 is 0 Å². The van der Waals surface area contributed by atoms with Gasteiger partial charge in [0.2, 0.25) is 0 Å². The average Bonchev–Trinajstić information content (AvgIpc) is 2.39. The summed E-state index contributed by atoms with van der Waals surface area (Å²) in [6.07, 6.45) is 9.45. The van der Waals surface area contributed by atoms with Crippen molar-refractivity contribution in [2.24, 2.45) is 5.92 Å². The van der Waals surface area contributed by atoms with Gasteiger partial charge < -0.3 is 4.74 Å². The molecule has 2 nitrogen and oxygen atoms in total. The van der Waals surface area contributed by atoms with Crippen molar-refractivity contribution in [3.63, 3.8) is 0 Å². The Bertz CT molecular complexity index is 278. The molecule has 0 aromatic heterocycles. The monoisotopic (exact) mass is 192 g/mol. The zero-order valence-corrected chi connectivity index (χ0v) is 8.37. The van der Waals surface area contributed by atoms with Crippen LogP contribution in [0.3, 0.4) is 0 Å². The number of esters is 1. The van der Waals surface area contributed by atoms with Gasteiger partial charge in [-0.25, -0.2) is 4.79 Å². The predicted octanol–water partition coefficient (Wildman–Crippen LogP) is 2.60. The molecule has 2 rings (SSSR count). The fourth-order valence-electron chi connectivity index (χ4n) is 2.45. The van der Waals surface area contributed by atoms with Gasteiger partial charge in [-0.2, -0.15) is 0 Å². The molecule has 0 N–H and O–H groups in total. The Morgan fingerprint density at radius 2 is 2.07 bits per heavy atom. The average molecular weight is 192 g/mol. The number of hydrogen-bond donors (Lipinski definition) is 0. The minimum absolute atomic E-state index is 0.123. The molecule has 1 saturated carbocycles. The molecule has 0 aromatic carbocycles. The predicted molar refractivity (Wildman–Crippen MR) is 54.7 cm³/mol. The highest BCUT2D eigenvalue weighted by atomic mass is 16.6. The number of fused-ring (bicyclic) bond motifs is 1. The van der Waals surface area contributed by atoms with Crippen molar-refractivity contribution in [3.8, 4) is 0 Å². The molecule has 0 radical (unpaired) electrons. The van der Waals surface area contributed by atoms with Crippen LogP contribution in [0.15, 0.2) is 24.3 Å². The first-order valence-electron chi connectivity index (χ1n) is 5.36. The number of carbonyl (C=O) groups excluding carboxylic acids is 1. The van der Waals surface area contributed by atoms with Crippen LogP contribution < -0.4 is 0 Å². The van der Waals surface area contributed by atoms with E-state index in [0.717, 1.165) is 18.4 Å². The van der Waals surface area contributed by atoms with Crippen LogP contribution in [0.5, 0.6) is 0 Å².